The van der Waals surface area contributed by atoms with Crippen molar-refractivity contribution in [2.24, 2.45) is 5.41 Å². The molecule has 3 aromatic rings. The molecule has 5 nitrogen and oxygen atoms in total. The summed E-state index contributed by atoms with van der Waals surface area (Å²) in [7, 11) is 0. The maximum absolute atomic E-state index is 14.4. The van der Waals surface area contributed by atoms with Gasteiger partial charge in [0.15, 0.2) is 0 Å². The van der Waals surface area contributed by atoms with E-state index in [4.69, 9.17) is 4.98 Å². The Labute approximate surface area is 261 Å². The zero-order valence-electron chi connectivity index (χ0n) is 27.1. The van der Waals surface area contributed by atoms with Crippen molar-refractivity contribution in [3.05, 3.63) is 41.7 Å². The molecule has 3 fully saturated rings. The average molecular weight is 610 g/mol. The van der Waals surface area contributed by atoms with E-state index in [1.54, 1.807) is 4.57 Å². The molecule has 1 aromatic carbocycles. The van der Waals surface area contributed by atoms with Gasteiger partial charge >= 0.3 is 6.18 Å². The summed E-state index contributed by atoms with van der Waals surface area (Å²) < 4.78 is 44.8. The monoisotopic (exact) mass is 609 g/mol. The van der Waals surface area contributed by atoms with Gasteiger partial charge in [0.1, 0.15) is 6.54 Å². The van der Waals surface area contributed by atoms with Crippen molar-refractivity contribution >= 4 is 22.3 Å². The van der Waals surface area contributed by atoms with Crippen LogP contribution >= 0.6 is 0 Å². The lowest BCUT2D eigenvalue weighted by Crippen LogP contribution is -2.54. The summed E-state index contributed by atoms with van der Waals surface area (Å²) in [6, 6.07) is 8.88. The molecule has 1 unspecified atom stereocenters. The molecule has 5 heterocycles. The number of alkyl halides is 3. The summed E-state index contributed by atoms with van der Waals surface area (Å²) in [4.78, 5) is 12.4. The largest absolute Gasteiger partial charge is 0.406 e. The first-order valence-corrected chi connectivity index (χ1v) is 17.0. The SMILES string of the molecule is CCc1ncc(N2CCN3CCCCC3C2)cc1-c1c(CC(C)(C)CC)c2cc(N3CCCCC3)ccc2n1CC(F)(F)F. The molecule has 0 saturated carbocycles. The maximum atomic E-state index is 14.4. The Kier molecular flexibility index (Phi) is 8.93. The van der Waals surface area contributed by atoms with Crippen LogP contribution in [0.3, 0.4) is 0 Å². The van der Waals surface area contributed by atoms with E-state index in [9.17, 15) is 13.2 Å². The number of nitrogens with zero attached hydrogens (tertiary/aromatic N) is 5. The van der Waals surface area contributed by atoms with Crippen LogP contribution in [0, 0.1) is 5.41 Å². The van der Waals surface area contributed by atoms with Crippen molar-refractivity contribution in [2.45, 2.75) is 104 Å². The lowest BCUT2D eigenvalue weighted by atomic mass is 9.81. The summed E-state index contributed by atoms with van der Waals surface area (Å²) in [5, 5.41) is 0.956. The molecule has 0 radical (unpaired) electrons. The maximum Gasteiger partial charge on any atom is 0.406 e. The number of fused-ring (bicyclic) bond motifs is 2. The Bertz CT molecular complexity index is 1450. The number of piperidine rings is 2. The lowest BCUT2D eigenvalue weighted by molar-refractivity contribution is -0.139. The molecule has 3 saturated heterocycles. The molecule has 0 aliphatic carbocycles. The van der Waals surface area contributed by atoms with Gasteiger partial charge in [-0.05, 0) is 86.7 Å². The minimum Gasteiger partial charge on any atom is -0.372 e. The highest BCUT2D eigenvalue weighted by Crippen LogP contribution is 2.43. The third-order valence-electron chi connectivity index (χ3n) is 10.6. The zero-order valence-corrected chi connectivity index (χ0v) is 27.1. The number of aromatic nitrogens is 2. The molecular weight excluding hydrogens is 559 g/mol. The van der Waals surface area contributed by atoms with Gasteiger partial charge in [-0.25, -0.2) is 0 Å². The average Bonchev–Trinajstić information content (AvgIpc) is 3.30. The Morgan fingerprint density at radius 1 is 0.864 bits per heavy atom. The molecule has 44 heavy (non-hydrogen) atoms. The van der Waals surface area contributed by atoms with Crippen molar-refractivity contribution in [2.75, 3.05) is 49.1 Å². The molecule has 8 heteroatoms. The van der Waals surface area contributed by atoms with E-state index in [1.807, 2.05) is 18.3 Å². The van der Waals surface area contributed by atoms with Gasteiger partial charge in [0.05, 0.1) is 17.6 Å². The highest BCUT2D eigenvalue weighted by molar-refractivity contribution is 5.95. The number of aryl methyl sites for hydroxylation is 1. The number of piperazine rings is 1. The summed E-state index contributed by atoms with van der Waals surface area (Å²) in [6.07, 6.45) is 7.21. The first-order valence-electron chi connectivity index (χ1n) is 17.0. The first kappa shape index (κ1) is 31.3. The predicted molar refractivity (Wildman–Crippen MR) is 176 cm³/mol. The second kappa shape index (κ2) is 12.6. The fraction of sp³-hybridized carbons (Fsp3) is 0.639. The van der Waals surface area contributed by atoms with Gasteiger partial charge in [0.25, 0.3) is 0 Å². The van der Waals surface area contributed by atoms with Crippen LogP contribution in [0.15, 0.2) is 30.5 Å². The van der Waals surface area contributed by atoms with Crippen LogP contribution in [0.5, 0.6) is 0 Å². The molecule has 240 valence electrons. The molecule has 3 aliphatic heterocycles. The topological polar surface area (TPSA) is 27.5 Å². The van der Waals surface area contributed by atoms with Gasteiger partial charge < -0.3 is 14.4 Å². The Balaban J connectivity index is 1.53. The van der Waals surface area contributed by atoms with Crippen molar-refractivity contribution in [1.82, 2.24) is 14.5 Å². The molecular formula is C36H50F3N5. The molecule has 3 aliphatic rings. The standard InChI is InChI=1S/C36H50F3N5/c1-5-32-30(21-28(23-40-32)43-19-18-42-17-11-8-12-27(42)24-43)34-31(22-35(3,4)6-2)29-20-26(41-15-9-7-10-16-41)13-14-33(29)44(34)25-36(37,38)39/h13-14,20-21,23,27H,5-12,15-19,22,24-25H2,1-4H3. The van der Waals surface area contributed by atoms with Crippen molar-refractivity contribution in [3.63, 3.8) is 0 Å². The smallest absolute Gasteiger partial charge is 0.372 e. The van der Waals surface area contributed by atoms with Crippen LogP contribution in [0.1, 0.15) is 83.9 Å². The Morgan fingerprint density at radius 3 is 2.36 bits per heavy atom. The van der Waals surface area contributed by atoms with Gasteiger partial charge in [-0.2, -0.15) is 13.2 Å². The molecule has 0 spiro atoms. The summed E-state index contributed by atoms with van der Waals surface area (Å²) in [5.41, 5.74) is 6.21. The number of rotatable bonds is 8. The highest BCUT2D eigenvalue weighted by atomic mass is 19.4. The second-order valence-corrected chi connectivity index (χ2v) is 14.1. The van der Waals surface area contributed by atoms with Crippen LogP contribution < -0.4 is 9.80 Å². The van der Waals surface area contributed by atoms with E-state index in [-0.39, 0.29) is 5.41 Å². The molecule has 0 amide bonds. The van der Waals surface area contributed by atoms with Gasteiger partial charge in [0, 0.05) is 66.6 Å². The third-order valence-corrected chi connectivity index (χ3v) is 10.6. The molecule has 0 bridgehead atoms. The van der Waals surface area contributed by atoms with Crippen LogP contribution in [0.25, 0.3) is 22.2 Å². The minimum absolute atomic E-state index is 0.0675. The molecule has 0 N–H and O–H groups in total. The molecule has 6 rings (SSSR count). The Hall–Kier alpha value is -2.74. The van der Waals surface area contributed by atoms with E-state index in [1.165, 1.54) is 32.2 Å². The number of anilines is 2. The summed E-state index contributed by atoms with van der Waals surface area (Å²) in [5.74, 6) is 0. The molecule has 1 atom stereocenters. The van der Waals surface area contributed by atoms with Gasteiger partial charge in [-0.1, -0.05) is 40.5 Å². The lowest BCUT2D eigenvalue weighted by Gasteiger charge is -2.45. The second-order valence-electron chi connectivity index (χ2n) is 14.1. The van der Waals surface area contributed by atoms with Gasteiger partial charge in [-0.15, -0.1) is 0 Å². The quantitative estimate of drug-likeness (QED) is 0.256. The van der Waals surface area contributed by atoms with Crippen LogP contribution in [-0.4, -0.2) is 65.9 Å². The van der Waals surface area contributed by atoms with Gasteiger partial charge in [0.2, 0.25) is 0 Å². The van der Waals surface area contributed by atoms with Crippen LogP contribution in [0.2, 0.25) is 0 Å². The normalized spacial score (nSPS) is 20.4. The summed E-state index contributed by atoms with van der Waals surface area (Å²) in [6.45, 7) is 13.8. The van der Waals surface area contributed by atoms with Crippen LogP contribution in [0.4, 0.5) is 24.5 Å². The van der Waals surface area contributed by atoms with E-state index < -0.39 is 12.7 Å². The minimum atomic E-state index is -4.35. The number of halogens is 3. The zero-order chi connectivity index (χ0) is 31.1. The van der Waals surface area contributed by atoms with E-state index >= 15 is 0 Å². The number of hydrogen-bond acceptors (Lipinski definition) is 4. The fourth-order valence-corrected chi connectivity index (χ4v) is 7.73. The van der Waals surface area contributed by atoms with E-state index in [0.29, 0.717) is 30.1 Å². The number of benzene rings is 1. The van der Waals surface area contributed by atoms with Crippen LogP contribution in [-0.2, 0) is 19.4 Å². The number of pyridine rings is 1. The Morgan fingerprint density at radius 2 is 1.64 bits per heavy atom. The van der Waals surface area contributed by atoms with Gasteiger partial charge in [-0.3, -0.25) is 9.88 Å². The van der Waals surface area contributed by atoms with E-state index in [2.05, 4.69) is 54.5 Å². The third kappa shape index (κ3) is 6.47. The van der Waals surface area contributed by atoms with Crippen molar-refractivity contribution < 1.29 is 13.2 Å². The molecule has 2 aromatic heterocycles. The summed E-state index contributed by atoms with van der Waals surface area (Å²) >= 11 is 0. The fourth-order valence-electron chi connectivity index (χ4n) is 7.73. The predicted octanol–water partition coefficient (Wildman–Crippen LogP) is 8.47. The van der Waals surface area contributed by atoms with Crippen molar-refractivity contribution in [3.8, 4) is 11.3 Å². The first-order chi connectivity index (χ1) is 21.1. The highest BCUT2D eigenvalue weighted by Gasteiger charge is 2.35. The number of hydrogen-bond donors (Lipinski definition) is 0. The van der Waals surface area contributed by atoms with Crippen molar-refractivity contribution in [1.29, 1.82) is 0 Å². The van der Waals surface area contributed by atoms with E-state index in [0.717, 1.165) is 85.6 Å².